The molecule has 2 aromatic carbocycles. The lowest BCUT2D eigenvalue weighted by Gasteiger charge is -2.22. The van der Waals surface area contributed by atoms with E-state index in [9.17, 15) is 17.6 Å². The first-order valence-electron chi connectivity index (χ1n) is 9.07. The molecule has 0 spiro atoms. The minimum Gasteiger partial charge on any atom is -0.497 e. The van der Waals surface area contributed by atoms with Gasteiger partial charge in [0.2, 0.25) is 15.9 Å². The number of carbonyl (C=O) groups excluding carboxylic acids is 1. The first-order chi connectivity index (χ1) is 14.8. The Labute approximate surface area is 184 Å². The molecule has 0 aliphatic carbocycles. The standard InChI is InChI=1S/C21H19ClFN3O4S/c1-30-17-7-4-15(5-8-17)13-26(31(28,29)18-3-2-10-24-12-18)14-21(27)25-16-6-9-20(23)19(22)11-16/h2-12H,13-14H2,1H3,(H,25,27). The van der Waals surface area contributed by atoms with Crippen LogP contribution in [0.1, 0.15) is 5.56 Å². The highest BCUT2D eigenvalue weighted by atomic mass is 35.5. The summed E-state index contributed by atoms with van der Waals surface area (Å²) in [7, 11) is -2.50. The zero-order valence-corrected chi connectivity index (χ0v) is 18.0. The number of nitrogens with one attached hydrogen (secondary N) is 1. The van der Waals surface area contributed by atoms with Crippen molar-refractivity contribution in [3.05, 3.63) is 83.4 Å². The molecule has 0 saturated carbocycles. The third kappa shape index (κ3) is 5.78. The van der Waals surface area contributed by atoms with Crippen LogP contribution < -0.4 is 10.1 Å². The van der Waals surface area contributed by atoms with E-state index >= 15 is 0 Å². The average Bonchev–Trinajstić information content (AvgIpc) is 2.77. The summed E-state index contributed by atoms with van der Waals surface area (Å²) >= 11 is 5.74. The molecule has 0 saturated heterocycles. The Morgan fingerprint density at radius 2 is 1.94 bits per heavy atom. The van der Waals surface area contributed by atoms with E-state index in [2.05, 4.69) is 10.3 Å². The summed E-state index contributed by atoms with van der Waals surface area (Å²) in [5.74, 6) is -0.611. The van der Waals surface area contributed by atoms with Crippen molar-refractivity contribution >= 4 is 33.2 Å². The first-order valence-corrected chi connectivity index (χ1v) is 10.9. The number of rotatable bonds is 8. The summed E-state index contributed by atoms with van der Waals surface area (Å²) < 4.78 is 45.8. The highest BCUT2D eigenvalue weighted by Gasteiger charge is 2.27. The van der Waals surface area contributed by atoms with Crippen LogP contribution in [0.3, 0.4) is 0 Å². The highest BCUT2D eigenvalue weighted by Crippen LogP contribution is 2.21. The van der Waals surface area contributed by atoms with Crippen molar-refractivity contribution in [1.29, 1.82) is 0 Å². The molecule has 1 heterocycles. The SMILES string of the molecule is COc1ccc(CN(CC(=O)Nc2ccc(F)c(Cl)c2)S(=O)(=O)c2cccnc2)cc1. The molecule has 0 radical (unpaired) electrons. The fraction of sp³-hybridized carbons (Fsp3) is 0.143. The number of pyridine rings is 1. The normalized spacial score (nSPS) is 11.4. The number of sulfonamides is 1. The Hall–Kier alpha value is -3.01. The Balaban J connectivity index is 1.85. The molecule has 0 bridgehead atoms. The van der Waals surface area contributed by atoms with Gasteiger partial charge in [-0.15, -0.1) is 0 Å². The van der Waals surface area contributed by atoms with Crippen LogP contribution in [-0.2, 0) is 21.4 Å². The van der Waals surface area contributed by atoms with E-state index < -0.39 is 28.3 Å². The number of anilines is 1. The molecular formula is C21H19ClFN3O4S. The number of amides is 1. The highest BCUT2D eigenvalue weighted by molar-refractivity contribution is 7.89. The maximum absolute atomic E-state index is 13.3. The first kappa shape index (κ1) is 22.7. The maximum Gasteiger partial charge on any atom is 0.245 e. The number of benzene rings is 2. The lowest BCUT2D eigenvalue weighted by atomic mass is 10.2. The van der Waals surface area contributed by atoms with Gasteiger partial charge in [0.25, 0.3) is 0 Å². The molecule has 7 nitrogen and oxygen atoms in total. The molecule has 31 heavy (non-hydrogen) atoms. The Kier molecular flexibility index (Phi) is 7.21. The molecule has 0 fully saturated rings. The Morgan fingerprint density at radius 1 is 1.19 bits per heavy atom. The van der Waals surface area contributed by atoms with Crippen LogP contribution in [0, 0.1) is 5.82 Å². The molecule has 0 unspecified atom stereocenters. The lowest BCUT2D eigenvalue weighted by molar-refractivity contribution is -0.116. The van der Waals surface area contributed by atoms with E-state index in [0.717, 1.165) is 10.4 Å². The number of halogens is 2. The minimum atomic E-state index is -4.02. The van der Waals surface area contributed by atoms with Crippen molar-refractivity contribution in [1.82, 2.24) is 9.29 Å². The van der Waals surface area contributed by atoms with Gasteiger partial charge in [0.05, 0.1) is 18.7 Å². The maximum atomic E-state index is 13.3. The fourth-order valence-corrected chi connectivity index (χ4v) is 4.27. The van der Waals surface area contributed by atoms with E-state index in [0.29, 0.717) is 11.3 Å². The van der Waals surface area contributed by atoms with E-state index in [1.807, 2.05) is 0 Å². The Morgan fingerprint density at radius 3 is 2.55 bits per heavy atom. The van der Waals surface area contributed by atoms with Crippen molar-refractivity contribution in [3.63, 3.8) is 0 Å². The van der Waals surface area contributed by atoms with Gasteiger partial charge >= 0.3 is 0 Å². The van der Waals surface area contributed by atoms with E-state index in [1.165, 1.54) is 43.8 Å². The second kappa shape index (κ2) is 9.86. The number of aromatic nitrogens is 1. The van der Waals surface area contributed by atoms with Crippen molar-refractivity contribution in [3.8, 4) is 5.75 Å². The summed E-state index contributed by atoms with van der Waals surface area (Å²) in [5, 5.41) is 2.38. The zero-order valence-electron chi connectivity index (χ0n) is 16.5. The number of nitrogens with zero attached hydrogens (tertiary/aromatic N) is 2. The predicted molar refractivity (Wildman–Crippen MR) is 115 cm³/mol. The third-order valence-corrected chi connectivity index (χ3v) is 6.38. The second-order valence-electron chi connectivity index (χ2n) is 6.49. The molecule has 0 aliphatic heterocycles. The average molecular weight is 464 g/mol. The largest absolute Gasteiger partial charge is 0.497 e. The summed E-state index contributed by atoms with van der Waals surface area (Å²) in [5.41, 5.74) is 0.908. The molecule has 162 valence electrons. The van der Waals surface area contributed by atoms with Crippen molar-refractivity contribution in [2.45, 2.75) is 11.4 Å². The second-order valence-corrected chi connectivity index (χ2v) is 8.83. The molecule has 0 atom stereocenters. The number of carbonyl (C=O) groups is 1. The van der Waals surface area contributed by atoms with Crippen molar-refractivity contribution < 1.29 is 22.3 Å². The van der Waals surface area contributed by atoms with Gasteiger partial charge in [-0.2, -0.15) is 4.31 Å². The monoisotopic (exact) mass is 463 g/mol. The van der Waals surface area contributed by atoms with Gasteiger partial charge in [-0.3, -0.25) is 9.78 Å². The van der Waals surface area contributed by atoms with Gasteiger partial charge in [0, 0.05) is 24.6 Å². The van der Waals surface area contributed by atoms with Gasteiger partial charge in [-0.25, -0.2) is 12.8 Å². The van der Waals surface area contributed by atoms with Gasteiger partial charge in [0.1, 0.15) is 16.5 Å². The van der Waals surface area contributed by atoms with E-state index in [1.54, 1.807) is 24.3 Å². The molecule has 1 N–H and O–H groups in total. The molecule has 3 rings (SSSR count). The van der Waals surface area contributed by atoms with E-state index in [4.69, 9.17) is 16.3 Å². The Bertz CT molecular complexity index is 1160. The number of hydrogen-bond acceptors (Lipinski definition) is 5. The van der Waals surface area contributed by atoms with Crippen molar-refractivity contribution in [2.24, 2.45) is 0 Å². The van der Waals surface area contributed by atoms with E-state index in [-0.39, 0.29) is 22.2 Å². The van der Waals surface area contributed by atoms with Crippen LogP contribution in [0.4, 0.5) is 10.1 Å². The molecule has 3 aromatic rings. The fourth-order valence-electron chi connectivity index (χ4n) is 2.74. The summed E-state index contributed by atoms with van der Waals surface area (Å²) in [4.78, 5) is 16.4. The van der Waals surface area contributed by atoms with Crippen LogP contribution in [-0.4, -0.2) is 37.3 Å². The third-order valence-electron chi connectivity index (χ3n) is 4.31. The lowest BCUT2D eigenvalue weighted by Crippen LogP contribution is -2.37. The summed E-state index contributed by atoms with van der Waals surface area (Å²) in [6.07, 6.45) is 2.67. The van der Waals surface area contributed by atoms with Crippen LogP contribution in [0.5, 0.6) is 5.75 Å². The molecule has 1 aromatic heterocycles. The number of ether oxygens (including phenoxy) is 1. The molecular weight excluding hydrogens is 445 g/mol. The quantitative estimate of drug-likeness (QED) is 0.550. The van der Waals surface area contributed by atoms with Crippen LogP contribution >= 0.6 is 11.6 Å². The van der Waals surface area contributed by atoms with Crippen LogP contribution in [0.2, 0.25) is 5.02 Å². The van der Waals surface area contributed by atoms with Gasteiger partial charge in [0.15, 0.2) is 0 Å². The molecule has 1 amide bonds. The smallest absolute Gasteiger partial charge is 0.245 e. The van der Waals surface area contributed by atoms with Crippen LogP contribution in [0.25, 0.3) is 0 Å². The van der Waals surface area contributed by atoms with Crippen LogP contribution in [0.15, 0.2) is 71.9 Å². The number of hydrogen-bond donors (Lipinski definition) is 1. The number of methoxy groups -OCH3 is 1. The molecule has 0 aliphatic rings. The molecule has 10 heteroatoms. The zero-order chi connectivity index (χ0) is 22.4. The van der Waals surface area contributed by atoms with Crippen molar-refractivity contribution in [2.75, 3.05) is 19.0 Å². The summed E-state index contributed by atoms with van der Waals surface area (Å²) in [6.45, 7) is -0.531. The van der Waals surface area contributed by atoms with Gasteiger partial charge in [-0.1, -0.05) is 23.7 Å². The van der Waals surface area contributed by atoms with Gasteiger partial charge < -0.3 is 10.1 Å². The topological polar surface area (TPSA) is 88.6 Å². The van der Waals surface area contributed by atoms with Gasteiger partial charge in [-0.05, 0) is 48.0 Å². The summed E-state index contributed by atoms with van der Waals surface area (Å²) in [6, 6.07) is 13.4. The minimum absolute atomic E-state index is 0.0406. The predicted octanol–water partition coefficient (Wildman–Crippen LogP) is 3.71.